The molecular formula is C20H34O4. The Kier molecular flexibility index (Phi) is 16.9. The van der Waals surface area contributed by atoms with Crippen LogP contribution in [0.2, 0.25) is 0 Å². The molecule has 4 heteroatoms. The summed E-state index contributed by atoms with van der Waals surface area (Å²) >= 11 is 0. The number of ether oxygens (including phenoxy) is 1. The van der Waals surface area contributed by atoms with Crippen LogP contribution < -0.4 is 0 Å². The monoisotopic (exact) mass is 338 g/mol. The van der Waals surface area contributed by atoms with E-state index < -0.39 is 5.97 Å². The Bertz CT molecular complexity index is 372. The van der Waals surface area contributed by atoms with Crippen LogP contribution in [0.15, 0.2) is 36.5 Å². The number of aliphatic hydroxyl groups is 1. The van der Waals surface area contributed by atoms with E-state index in [4.69, 9.17) is 9.84 Å². The molecule has 1 atom stereocenters. The summed E-state index contributed by atoms with van der Waals surface area (Å²) < 4.78 is 4.97. The highest BCUT2D eigenvalue weighted by Gasteiger charge is 1.96. The lowest BCUT2D eigenvalue weighted by atomic mass is 10.1. The second kappa shape index (κ2) is 18.0. The Morgan fingerprint density at radius 3 is 2.62 bits per heavy atom. The van der Waals surface area contributed by atoms with Gasteiger partial charge in [0.1, 0.15) is 6.61 Å². The zero-order chi connectivity index (χ0) is 17.9. The van der Waals surface area contributed by atoms with E-state index in [0.717, 1.165) is 44.9 Å². The third-order valence-electron chi connectivity index (χ3n) is 3.51. The Labute approximate surface area is 146 Å². The lowest BCUT2D eigenvalue weighted by Crippen LogP contribution is -2.07. The molecule has 0 amide bonds. The molecule has 0 bridgehead atoms. The largest absolute Gasteiger partial charge is 0.480 e. The SMILES string of the molecule is CCCCCC(O)/C=C/C=C\C/C=C\CCCCCOCC(=O)O. The van der Waals surface area contributed by atoms with Gasteiger partial charge < -0.3 is 14.9 Å². The molecule has 0 spiro atoms. The number of hydrogen-bond donors (Lipinski definition) is 2. The van der Waals surface area contributed by atoms with Gasteiger partial charge in [-0.3, -0.25) is 0 Å². The number of carboxylic acids is 1. The zero-order valence-electron chi connectivity index (χ0n) is 15.0. The van der Waals surface area contributed by atoms with E-state index in [1.54, 1.807) is 0 Å². The Hall–Kier alpha value is -1.39. The van der Waals surface area contributed by atoms with Crippen LogP contribution in [0, 0.1) is 0 Å². The molecule has 4 nitrogen and oxygen atoms in total. The molecule has 0 heterocycles. The number of allylic oxidation sites excluding steroid dienone is 5. The molecule has 0 aromatic heterocycles. The van der Waals surface area contributed by atoms with Crippen molar-refractivity contribution >= 4 is 5.97 Å². The molecular weight excluding hydrogens is 304 g/mol. The molecule has 0 aromatic carbocycles. The molecule has 0 aliphatic rings. The lowest BCUT2D eigenvalue weighted by molar-refractivity contribution is -0.142. The van der Waals surface area contributed by atoms with Gasteiger partial charge in [0.2, 0.25) is 0 Å². The Morgan fingerprint density at radius 1 is 1.04 bits per heavy atom. The normalized spacial score (nSPS) is 13.4. The lowest BCUT2D eigenvalue weighted by Gasteiger charge is -2.02. The minimum Gasteiger partial charge on any atom is -0.480 e. The summed E-state index contributed by atoms with van der Waals surface area (Å²) in [5.74, 6) is -0.910. The highest BCUT2D eigenvalue weighted by Crippen LogP contribution is 2.04. The molecule has 138 valence electrons. The first kappa shape index (κ1) is 22.6. The summed E-state index contributed by atoms with van der Waals surface area (Å²) in [6, 6.07) is 0. The van der Waals surface area contributed by atoms with Crippen LogP contribution in [-0.4, -0.2) is 35.5 Å². The van der Waals surface area contributed by atoms with Gasteiger partial charge in [-0.2, -0.15) is 0 Å². The molecule has 0 saturated carbocycles. The van der Waals surface area contributed by atoms with Crippen molar-refractivity contribution in [3.05, 3.63) is 36.5 Å². The van der Waals surface area contributed by atoms with Crippen molar-refractivity contribution in [3.8, 4) is 0 Å². The van der Waals surface area contributed by atoms with Gasteiger partial charge in [0, 0.05) is 6.61 Å². The Balaban J connectivity index is 3.43. The van der Waals surface area contributed by atoms with Crippen molar-refractivity contribution in [1.82, 2.24) is 0 Å². The smallest absolute Gasteiger partial charge is 0.329 e. The fraction of sp³-hybridized carbons (Fsp3) is 0.650. The van der Waals surface area contributed by atoms with Crippen LogP contribution in [0.3, 0.4) is 0 Å². The highest BCUT2D eigenvalue weighted by molar-refractivity contribution is 5.67. The van der Waals surface area contributed by atoms with E-state index in [1.807, 2.05) is 18.2 Å². The second-order valence-electron chi connectivity index (χ2n) is 5.88. The molecule has 1 unspecified atom stereocenters. The highest BCUT2D eigenvalue weighted by atomic mass is 16.5. The van der Waals surface area contributed by atoms with Crippen LogP contribution in [0.25, 0.3) is 0 Å². The predicted molar refractivity (Wildman–Crippen MR) is 99.1 cm³/mol. The van der Waals surface area contributed by atoms with Crippen molar-refractivity contribution in [2.24, 2.45) is 0 Å². The molecule has 0 saturated heterocycles. The van der Waals surface area contributed by atoms with Gasteiger partial charge in [0.25, 0.3) is 0 Å². The number of aliphatic carboxylic acids is 1. The fourth-order valence-corrected chi connectivity index (χ4v) is 2.14. The molecule has 0 aliphatic carbocycles. The quantitative estimate of drug-likeness (QED) is 0.244. The third kappa shape index (κ3) is 18.7. The van der Waals surface area contributed by atoms with Crippen LogP contribution in [-0.2, 0) is 9.53 Å². The first-order chi connectivity index (χ1) is 11.7. The number of rotatable bonds is 16. The average molecular weight is 338 g/mol. The number of carbonyl (C=O) groups is 1. The minimum absolute atomic E-state index is 0.198. The Morgan fingerprint density at radius 2 is 1.88 bits per heavy atom. The summed E-state index contributed by atoms with van der Waals surface area (Å²) in [4.78, 5) is 10.2. The predicted octanol–water partition coefficient (Wildman–Crippen LogP) is 4.65. The average Bonchev–Trinajstić information content (AvgIpc) is 2.55. The maximum atomic E-state index is 10.2. The molecule has 0 rings (SSSR count). The number of carboxylic acid groups (broad SMARTS) is 1. The zero-order valence-corrected chi connectivity index (χ0v) is 15.0. The van der Waals surface area contributed by atoms with Crippen molar-refractivity contribution < 1.29 is 19.7 Å². The van der Waals surface area contributed by atoms with Gasteiger partial charge >= 0.3 is 5.97 Å². The van der Waals surface area contributed by atoms with Crippen LogP contribution in [0.4, 0.5) is 0 Å². The van der Waals surface area contributed by atoms with Crippen molar-refractivity contribution in [2.75, 3.05) is 13.2 Å². The maximum absolute atomic E-state index is 10.2. The van der Waals surface area contributed by atoms with E-state index in [2.05, 4.69) is 25.2 Å². The van der Waals surface area contributed by atoms with E-state index in [0.29, 0.717) is 6.61 Å². The van der Waals surface area contributed by atoms with Crippen molar-refractivity contribution in [2.45, 2.75) is 70.8 Å². The van der Waals surface area contributed by atoms with Crippen LogP contribution in [0.5, 0.6) is 0 Å². The van der Waals surface area contributed by atoms with E-state index in [9.17, 15) is 9.90 Å². The fourth-order valence-electron chi connectivity index (χ4n) is 2.14. The third-order valence-corrected chi connectivity index (χ3v) is 3.51. The second-order valence-corrected chi connectivity index (χ2v) is 5.88. The molecule has 0 aliphatic heterocycles. The van der Waals surface area contributed by atoms with Crippen LogP contribution in [0.1, 0.15) is 64.7 Å². The number of unbranched alkanes of at least 4 members (excludes halogenated alkanes) is 5. The van der Waals surface area contributed by atoms with Crippen LogP contribution >= 0.6 is 0 Å². The summed E-state index contributed by atoms with van der Waals surface area (Å²) in [5.41, 5.74) is 0. The van der Waals surface area contributed by atoms with Crippen molar-refractivity contribution in [3.63, 3.8) is 0 Å². The van der Waals surface area contributed by atoms with Gasteiger partial charge in [-0.05, 0) is 32.1 Å². The molecule has 0 aromatic rings. The van der Waals surface area contributed by atoms with Crippen molar-refractivity contribution in [1.29, 1.82) is 0 Å². The van der Waals surface area contributed by atoms with Gasteiger partial charge in [0.15, 0.2) is 0 Å². The summed E-state index contributed by atoms with van der Waals surface area (Å²) in [5, 5.41) is 18.1. The first-order valence-corrected chi connectivity index (χ1v) is 9.12. The van der Waals surface area contributed by atoms with Gasteiger partial charge in [0.05, 0.1) is 6.10 Å². The summed E-state index contributed by atoms with van der Waals surface area (Å²) in [6.07, 6.45) is 21.1. The van der Waals surface area contributed by atoms with Gasteiger partial charge in [-0.15, -0.1) is 0 Å². The van der Waals surface area contributed by atoms with Gasteiger partial charge in [-0.1, -0.05) is 69.1 Å². The van der Waals surface area contributed by atoms with E-state index in [1.165, 1.54) is 12.8 Å². The molecule has 24 heavy (non-hydrogen) atoms. The van der Waals surface area contributed by atoms with Gasteiger partial charge in [-0.25, -0.2) is 4.79 Å². The molecule has 0 fully saturated rings. The first-order valence-electron chi connectivity index (χ1n) is 9.12. The molecule has 2 N–H and O–H groups in total. The topological polar surface area (TPSA) is 66.8 Å². The number of hydrogen-bond acceptors (Lipinski definition) is 3. The summed E-state index contributed by atoms with van der Waals surface area (Å²) in [7, 11) is 0. The van der Waals surface area contributed by atoms with E-state index >= 15 is 0 Å². The minimum atomic E-state index is -0.910. The van der Waals surface area contributed by atoms with E-state index in [-0.39, 0.29) is 12.7 Å². The maximum Gasteiger partial charge on any atom is 0.329 e. The molecule has 0 radical (unpaired) electrons. The summed E-state index contributed by atoms with van der Waals surface area (Å²) in [6.45, 7) is 2.49. The standard InChI is InChI=1S/C20H34O4/c1-2-3-12-15-19(21)16-13-10-8-6-4-5-7-9-11-14-17-24-18-20(22)23/h4-5,8,10,13,16,19,21H,2-3,6-7,9,11-12,14-15,17-18H2,1H3,(H,22,23)/b5-4-,10-8-,16-13+. The number of aliphatic hydroxyl groups excluding tert-OH is 1.